The van der Waals surface area contributed by atoms with E-state index in [4.69, 9.17) is 24.9 Å². The van der Waals surface area contributed by atoms with E-state index in [1.807, 2.05) is 0 Å². The van der Waals surface area contributed by atoms with Crippen molar-refractivity contribution in [2.75, 3.05) is 6.54 Å². The van der Waals surface area contributed by atoms with Gasteiger partial charge in [-0.25, -0.2) is 0 Å². The van der Waals surface area contributed by atoms with E-state index in [1.165, 1.54) is 0 Å². The van der Waals surface area contributed by atoms with Crippen LogP contribution in [0.4, 0.5) is 0 Å². The van der Waals surface area contributed by atoms with Gasteiger partial charge in [-0.1, -0.05) is 0 Å². The first-order chi connectivity index (χ1) is 5.73. The van der Waals surface area contributed by atoms with Crippen LogP contribution in [0.3, 0.4) is 0 Å². The van der Waals surface area contributed by atoms with Crippen molar-refractivity contribution in [3.8, 4) is 0 Å². The van der Waals surface area contributed by atoms with Gasteiger partial charge in [0.25, 0.3) is 11.9 Å². The molecule has 0 saturated carbocycles. The summed E-state index contributed by atoms with van der Waals surface area (Å²) >= 11 is 0. The minimum absolute atomic E-state index is 0. The molecular weight excluding hydrogens is 206 g/mol. The van der Waals surface area contributed by atoms with Gasteiger partial charge in [0.15, 0.2) is 0 Å². The smallest absolute Gasteiger partial charge is 1.00 e. The number of carboxylic acid groups (broad SMARTS) is 3. The summed E-state index contributed by atoms with van der Waals surface area (Å²) in [6.45, 7) is 1.89. The summed E-state index contributed by atoms with van der Waals surface area (Å²) in [6, 6.07) is 0. The summed E-state index contributed by atoms with van der Waals surface area (Å²) in [5.41, 5.74) is 4.57. The SMILES string of the molecule is CC(=O)O.CC(=O)O.NCC(=O)O.[H-].[H-].[Mg+2]. The van der Waals surface area contributed by atoms with Gasteiger partial charge in [-0.3, -0.25) is 14.4 Å². The second-order valence-corrected chi connectivity index (χ2v) is 1.64. The second kappa shape index (κ2) is 18.0. The topological polar surface area (TPSA) is 138 Å². The molecule has 8 heteroatoms. The van der Waals surface area contributed by atoms with Gasteiger partial charge in [0.05, 0.1) is 6.54 Å². The molecule has 0 aliphatic heterocycles. The monoisotopic (exact) mass is 221 g/mol. The Hall–Kier alpha value is -0.864. The molecule has 0 fully saturated rings. The van der Waals surface area contributed by atoms with Crippen molar-refractivity contribution >= 4 is 41.0 Å². The molecule has 0 aromatic heterocycles. The maximum absolute atomic E-state index is 9.24. The molecule has 82 valence electrons. The molecule has 7 nitrogen and oxygen atoms in total. The van der Waals surface area contributed by atoms with Crippen LogP contribution in [-0.4, -0.2) is 62.8 Å². The molecule has 0 atom stereocenters. The van der Waals surface area contributed by atoms with Crippen LogP contribution in [0, 0.1) is 0 Å². The maximum atomic E-state index is 9.24. The Morgan fingerprint density at radius 1 is 1.07 bits per heavy atom. The molecule has 0 heterocycles. The van der Waals surface area contributed by atoms with Gasteiger partial charge in [0.1, 0.15) is 0 Å². The maximum Gasteiger partial charge on any atom is 2.00 e. The molecule has 0 radical (unpaired) electrons. The van der Waals surface area contributed by atoms with Crippen LogP contribution in [0.1, 0.15) is 16.7 Å². The van der Waals surface area contributed by atoms with Gasteiger partial charge in [-0.15, -0.1) is 0 Å². The molecule has 0 aromatic carbocycles. The number of hydrogen-bond acceptors (Lipinski definition) is 4. The predicted octanol–water partition coefficient (Wildman–Crippen LogP) is -0.944. The third kappa shape index (κ3) is 886. The Morgan fingerprint density at radius 2 is 1.14 bits per heavy atom. The number of hydrogen-bond donors (Lipinski definition) is 4. The van der Waals surface area contributed by atoms with Crippen molar-refractivity contribution in [2.24, 2.45) is 5.73 Å². The first-order valence-electron chi connectivity index (χ1n) is 3.04. The largest absolute Gasteiger partial charge is 2.00 e. The average Bonchev–Trinajstić information content (AvgIpc) is 1.84. The van der Waals surface area contributed by atoms with Crippen LogP contribution in [0.25, 0.3) is 0 Å². The van der Waals surface area contributed by atoms with Gasteiger partial charge in [0.2, 0.25) is 0 Å². The zero-order valence-electron chi connectivity index (χ0n) is 10.1. The fourth-order valence-electron chi connectivity index (χ4n) is 0. The van der Waals surface area contributed by atoms with Crippen molar-refractivity contribution in [1.29, 1.82) is 0 Å². The van der Waals surface area contributed by atoms with Gasteiger partial charge < -0.3 is 23.9 Å². The summed E-state index contributed by atoms with van der Waals surface area (Å²) in [6.07, 6.45) is 0. The molecular formula is C6H15MgNO6. The third-order valence-electron chi connectivity index (χ3n) is 0.175. The summed E-state index contributed by atoms with van der Waals surface area (Å²) in [4.78, 5) is 27.2. The van der Waals surface area contributed by atoms with Crippen LogP contribution in [0.15, 0.2) is 0 Å². The molecule has 0 unspecified atom stereocenters. The number of aliphatic carboxylic acids is 3. The van der Waals surface area contributed by atoms with E-state index < -0.39 is 17.9 Å². The Labute approximate surface area is 100 Å². The second-order valence-electron chi connectivity index (χ2n) is 1.64. The Kier molecular flexibility index (Phi) is 29.9. The molecule has 0 aliphatic carbocycles. The van der Waals surface area contributed by atoms with Crippen LogP contribution in [0.5, 0.6) is 0 Å². The van der Waals surface area contributed by atoms with Crippen molar-refractivity contribution in [3.05, 3.63) is 0 Å². The summed E-state index contributed by atoms with van der Waals surface area (Å²) in [7, 11) is 0. The fraction of sp³-hybridized carbons (Fsp3) is 0.500. The minimum Gasteiger partial charge on any atom is -1.00 e. The Bertz CT molecular complexity index is 160. The van der Waals surface area contributed by atoms with Crippen LogP contribution >= 0.6 is 0 Å². The predicted molar refractivity (Wildman–Crippen MR) is 51.3 cm³/mol. The molecule has 0 rings (SSSR count). The summed E-state index contributed by atoms with van der Waals surface area (Å²) < 4.78 is 0. The van der Waals surface area contributed by atoms with E-state index >= 15 is 0 Å². The molecule has 0 spiro atoms. The van der Waals surface area contributed by atoms with Crippen molar-refractivity contribution in [3.63, 3.8) is 0 Å². The van der Waals surface area contributed by atoms with Gasteiger partial charge in [0, 0.05) is 13.8 Å². The molecule has 14 heavy (non-hydrogen) atoms. The number of rotatable bonds is 1. The Morgan fingerprint density at radius 3 is 1.14 bits per heavy atom. The molecule has 0 aromatic rings. The zero-order valence-corrected chi connectivity index (χ0v) is 9.47. The molecule has 0 bridgehead atoms. The van der Waals surface area contributed by atoms with Crippen molar-refractivity contribution in [1.82, 2.24) is 0 Å². The van der Waals surface area contributed by atoms with E-state index in [9.17, 15) is 4.79 Å². The Balaban J connectivity index is -0.0000000216. The average molecular weight is 221 g/mol. The van der Waals surface area contributed by atoms with E-state index in [0.29, 0.717) is 0 Å². The third-order valence-corrected chi connectivity index (χ3v) is 0.175. The van der Waals surface area contributed by atoms with Crippen LogP contribution in [-0.2, 0) is 14.4 Å². The van der Waals surface area contributed by atoms with Crippen molar-refractivity contribution < 1.29 is 32.6 Å². The number of carboxylic acids is 3. The van der Waals surface area contributed by atoms with E-state index in [1.54, 1.807) is 0 Å². The number of nitrogens with two attached hydrogens (primary N) is 1. The molecule has 0 saturated heterocycles. The fourth-order valence-corrected chi connectivity index (χ4v) is 0. The molecule has 0 amide bonds. The summed E-state index contributed by atoms with van der Waals surface area (Å²) in [5.74, 6) is -2.63. The van der Waals surface area contributed by atoms with Gasteiger partial charge in [-0.05, 0) is 0 Å². The number of carbonyl (C=O) groups is 3. The first-order valence-corrected chi connectivity index (χ1v) is 3.04. The van der Waals surface area contributed by atoms with Crippen molar-refractivity contribution in [2.45, 2.75) is 13.8 Å². The van der Waals surface area contributed by atoms with Gasteiger partial charge >= 0.3 is 29.0 Å². The first kappa shape index (κ1) is 23.2. The summed E-state index contributed by atoms with van der Waals surface area (Å²) in [5, 5.41) is 22.4. The standard InChI is InChI=1S/C2H5NO2.2C2H4O2.Mg.2H/c3-1-2(4)5;2*1-2(3)4;;;/h1,3H2,(H,4,5);2*1H3,(H,3,4);;;/q;;;+2;2*-1. The van der Waals surface area contributed by atoms with Gasteiger partial charge in [-0.2, -0.15) is 0 Å². The van der Waals surface area contributed by atoms with Crippen LogP contribution < -0.4 is 5.73 Å². The van der Waals surface area contributed by atoms with E-state index in [-0.39, 0.29) is 32.5 Å². The molecule has 0 aliphatic rings. The normalized spacial score (nSPS) is 6.21. The minimum atomic E-state index is -0.968. The van der Waals surface area contributed by atoms with Crippen LogP contribution in [0.2, 0.25) is 0 Å². The molecule has 5 N–H and O–H groups in total. The zero-order chi connectivity index (χ0) is 11.4. The van der Waals surface area contributed by atoms with E-state index in [2.05, 4.69) is 5.73 Å². The van der Waals surface area contributed by atoms with E-state index in [0.717, 1.165) is 13.8 Å². The quantitative estimate of drug-likeness (QED) is 0.419.